The molecule has 188 valence electrons. The van der Waals surface area contributed by atoms with Gasteiger partial charge in [-0.1, -0.05) is 61.1 Å². The number of fused-ring (bicyclic) bond motifs is 1. The molecule has 1 aliphatic heterocycles. The van der Waals surface area contributed by atoms with Crippen molar-refractivity contribution in [3.63, 3.8) is 0 Å². The molecule has 2 aromatic rings. The zero-order valence-electron chi connectivity index (χ0n) is 18.3. The molecule has 4 rings (SSSR count). The lowest BCUT2D eigenvalue weighted by Gasteiger charge is -2.30. The number of Topliss-reactive ketones (excluding diaryl/α,β-unsaturated/α-hetero) is 1. The molecule has 3 amide bonds. The summed E-state index contributed by atoms with van der Waals surface area (Å²) in [6.07, 6.45) is 0.717. The van der Waals surface area contributed by atoms with Crippen LogP contribution in [0.1, 0.15) is 33.6 Å². The third kappa shape index (κ3) is 5.06. The van der Waals surface area contributed by atoms with Crippen LogP contribution in [-0.4, -0.2) is 54.6 Å². The lowest BCUT2D eigenvalue weighted by Crippen LogP contribution is -2.52. The van der Waals surface area contributed by atoms with Gasteiger partial charge in [-0.25, -0.2) is 5.01 Å². The number of halogens is 4. The Hall–Kier alpha value is -2.34. The zero-order valence-corrected chi connectivity index (χ0v) is 23.0. The largest absolute Gasteiger partial charge is 0.292 e. The number of hydrogen-bond acceptors (Lipinski definition) is 6. The van der Waals surface area contributed by atoms with E-state index in [0.29, 0.717) is 22.9 Å². The van der Waals surface area contributed by atoms with Gasteiger partial charge in [-0.05, 0) is 37.1 Å². The number of nitro benzene ring substituents is 1. The van der Waals surface area contributed by atoms with Gasteiger partial charge in [0.15, 0.2) is 5.78 Å². The summed E-state index contributed by atoms with van der Waals surface area (Å²) in [5.41, 5.74) is -0.480. The Kier molecular flexibility index (Phi) is 7.84. The van der Waals surface area contributed by atoms with E-state index in [2.05, 4.69) is 31.9 Å². The van der Waals surface area contributed by atoms with Crippen molar-refractivity contribution in [3.8, 4) is 0 Å². The molecule has 0 radical (unpaired) electrons. The summed E-state index contributed by atoms with van der Waals surface area (Å²) in [6, 6.07) is 9.02. The summed E-state index contributed by atoms with van der Waals surface area (Å²) in [5, 5.41) is 13.0. The Labute approximate surface area is 232 Å². The van der Waals surface area contributed by atoms with Crippen LogP contribution in [0.25, 0.3) is 0 Å². The number of benzene rings is 2. The molecule has 0 bridgehead atoms. The number of carbonyl (C=O) groups is 4. The second-order valence-corrected chi connectivity index (χ2v) is 11.6. The van der Waals surface area contributed by atoms with Crippen molar-refractivity contribution < 1.29 is 24.1 Å². The molecule has 0 unspecified atom stereocenters. The second-order valence-electron chi connectivity index (χ2n) is 8.42. The van der Waals surface area contributed by atoms with Crippen LogP contribution in [0.2, 0.25) is 10.0 Å². The molecule has 1 saturated heterocycles. The fourth-order valence-corrected chi connectivity index (χ4v) is 6.14. The van der Waals surface area contributed by atoms with E-state index in [4.69, 9.17) is 23.2 Å². The van der Waals surface area contributed by atoms with Crippen molar-refractivity contribution in [1.82, 2.24) is 10.0 Å². The van der Waals surface area contributed by atoms with Crippen LogP contribution < -0.4 is 0 Å². The van der Waals surface area contributed by atoms with Gasteiger partial charge in [0.2, 0.25) is 0 Å². The van der Waals surface area contributed by atoms with Gasteiger partial charge in [0.05, 0.1) is 21.8 Å². The average Bonchev–Trinajstić information content (AvgIpc) is 3.06. The van der Waals surface area contributed by atoms with Crippen LogP contribution >= 0.6 is 55.1 Å². The van der Waals surface area contributed by atoms with Crippen LogP contribution in [0.4, 0.5) is 5.69 Å². The molecule has 2 aliphatic rings. The Morgan fingerprint density at radius 2 is 1.64 bits per heavy atom. The van der Waals surface area contributed by atoms with E-state index < -0.39 is 46.8 Å². The number of nitro groups is 1. The fourth-order valence-electron chi connectivity index (χ4n) is 4.39. The van der Waals surface area contributed by atoms with Gasteiger partial charge in [0.25, 0.3) is 23.4 Å². The van der Waals surface area contributed by atoms with Crippen LogP contribution in [0.15, 0.2) is 42.5 Å². The topological polar surface area (TPSA) is 118 Å². The minimum absolute atomic E-state index is 0.0345. The lowest BCUT2D eigenvalue weighted by molar-refractivity contribution is -0.384. The van der Waals surface area contributed by atoms with Gasteiger partial charge < -0.3 is 0 Å². The molecule has 1 heterocycles. The average molecular weight is 662 g/mol. The first-order valence-electron chi connectivity index (χ1n) is 10.7. The van der Waals surface area contributed by atoms with Crippen LogP contribution in [-0.2, 0) is 9.59 Å². The maximum Gasteiger partial charge on any atom is 0.273 e. The third-order valence-corrected chi connectivity index (χ3v) is 9.47. The lowest BCUT2D eigenvalue weighted by atomic mass is 9.81. The minimum atomic E-state index is -0.914. The number of hydrazine groups is 1. The molecule has 1 aliphatic carbocycles. The number of ketones is 1. The number of imide groups is 1. The zero-order chi connectivity index (χ0) is 26.3. The van der Waals surface area contributed by atoms with Gasteiger partial charge in [0.1, 0.15) is 6.54 Å². The van der Waals surface area contributed by atoms with Crippen molar-refractivity contribution >= 4 is 84.3 Å². The highest BCUT2D eigenvalue weighted by atomic mass is 79.9. The summed E-state index contributed by atoms with van der Waals surface area (Å²) in [7, 11) is 0. The van der Waals surface area contributed by atoms with Gasteiger partial charge >= 0.3 is 0 Å². The third-order valence-electron chi connectivity index (χ3n) is 6.19. The molecule has 4 atom stereocenters. The number of non-ortho nitro benzene ring substituents is 1. The summed E-state index contributed by atoms with van der Waals surface area (Å²) in [6.45, 7) is -0.699. The SMILES string of the molecule is O=C(CN(C(=O)c1cccc([N+](=O)[O-])c1)N1C(=O)[C@@H]2C[C@@H](Br)[C@@H](Br)C[C@H]2C1=O)c1ccc(Cl)cc1Cl. The minimum Gasteiger partial charge on any atom is -0.292 e. The summed E-state index contributed by atoms with van der Waals surface area (Å²) in [4.78, 5) is 64.0. The van der Waals surface area contributed by atoms with E-state index in [-0.39, 0.29) is 31.5 Å². The Bertz CT molecular complexity index is 1260. The molecule has 1 saturated carbocycles. The van der Waals surface area contributed by atoms with Gasteiger partial charge in [-0.3, -0.25) is 29.3 Å². The maximum atomic E-state index is 13.6. The number of rotatable bonds is 6. The normalized spacial score (nSPS) is 23.4. The van der Waals surface area contributed by atoms with Gasteiger partial charge in [0, 0.05) is 37.9 Å². The number of nitrogens with zero attached hydrogens (tertiary/aromatic N) is 3. The summed E-state index contributed by atoms with van der Waals surface area (Å²) >= 11 is 19.1. The van der Waals surface area contributed by atoms with Crippen LogP contribution in [0, 0.1) is 22.0 Å². The fraction of sp³-hybridized carbons (Fsp3) is 0.304. The first-order valence-corrected chi connectivity index (χ1v) is 13.3. The second kappa shape index (κ2) is 10.6. The number of carbonyl (C=O) groups excluding carboxylic acids is 4. The predicted molar refractivity (Wildman–Crippen MR) is 138 cm³/mol. The molecule has 0 N–H and O–H groups in total. The first-order chi connectivity index (χ1) is 17.0. The highest BCUT2D eigenvalue weighted by molar-refractivity contribution is 9.12. The maximum absolute atomic E-state index is 13.6. The van der Waals surface area contributed by atoms with Crippen LogP contribution in [0.5, 0.6) is 0 Å². The molecule has 36 heavy (non-hydrogen) atoms. The van der Waals surface area contributed by atoms with Crippen molar-refractivity contribution in [1.29, 1.82) is 0 Å². The van der Waals surface area contributed by atoms with Gasteiger partial charge in [-0.15, -0.1) is 0 Å². The van der Waals surface area contributed by atoms with E-state index in [0.717, 1.165) is 11.1 Å². The van der Waals surface area contributed by atoms with Crippen molar-refractivity contribution in [3.05, 3.63) is 73.8 Å². The number of amides is 3. The molecule has 2 aromatic carbocycles. The van der Waals surface area contributed by atoms with E-state index >= 15 is 0 Å². The molecule has 9 nitrogen and oxygen atoms in total. The van der Waals surface area contributed by atoms with Gasteiger partial charge in [-0.2, -0.15) is 5.01 Å². The monoisotopic (exact) mass is 659 g/mol. The van der Waals surface area contributed by atoms with Crippen molar-refractivity contribution in [2.75, 3.05) is 6.54 Å². The van der Waals surface area contributed by atoms with E-state index in [9.17, 15) is 29.3 Å². The number of alkyl halides is 2. The molecule has 13 heteroatoms. The Balaban J connectivity index is 1.74. The predicted octanol–water partition coefficient (Wildman–Crippen LogP) is 5.06. The highest BCUT2D eigenvalue weighted by Gasteiger charge is 2.54. The molecule has 2 fully saturated rings. The highest BCUT2D eigenvalue weighted by Crippen LogP contribution is 2.43. The molecular formula is C23H17Br2Cl2N3O6. The smallest absolute Gasteiger partial charge is 0.273 e. The quantitative estimate of drug-likeness (QED) is 0.140. The Morgan fingerprint density at radius 1 is 1.03 bits per heavy atom. The van der Waals surface area contributed by atoms with E-state index in [1.165, 1.54) is 36.4 Å². The number of hydrogen-bond donors (Lipinski definition) is 0. The molecular weight excluding hydrogens is 645 g/mol. The Morgan fingerprint density at radius 3 is 2.19 bits per heavy atom. The first kappa shape index (κ1) is 26.7. The summed E-state index contributed by atoms with van der Waals surface area (Å²) in [5.74, 6) is -4.13. The van der Waals surface area contributed by atoms with Crippen molar-refractivity contribution in [2.24, 2.45) is 11.8 Å². The molecule has 0 spiro atoms. The summed E-state index contributed by atoms with van der Waals surface area (Å²) < 4.78 is 0. The van der Waals surface area contributed by atoms with E-state index in [1.807, 2.05) is 0 Å². The van der Waals surface area contributed by atoms with E-state index in [1.54, 1.807) is 0 Å². The molecule has 0 aromatic heterocycles. The standard InChI is InChI=1S/C23H17Br2Cl2N3O6/c24-17-8-15-16(9-18(17)25)23(34)29(22(15)33)28(10-20(31)14-5-4-12(26)7-19(14)27)21(32)11-2-1-3-13(6-11)30(35)36/h1-7,15-18H,8-10H2/t15-,16-,17-,18+/m1/s1. The van der Waals surface area contributed by atoms with Crippen molar-refractivity contribution in [2.45, 2.75) is 22.5 Å². The van der Waals surface area contributed by atoms with Crippen LogP contribution in [0.3, 0.4) is 0 Å².